The first-order valence-corrected chi connectivity index (χ1v) is 6.50. The quantitative estimate of drug-likeness (QED) is 0.842. The van der Waals surface area contributed by atoms with E-state index in [4.69, 9.17) is 0 Å². The van der Waals surface area contributed by atoms with Crippen LogP contribution in [-0.4, -0.2) is 24.3 Å². The topological polar surface area (TPSA) is 32.3 Å². The van der Waals surface area contributed by atoms with Crippen molar-refractivity contribution in [3.8, 4) is 0 Å². The van der Waals surface area contributed by atoms with Gasteiger partial charge in [0.05, 0.1) is 6.10 Å². The van der Waals surface area contributed by atoms with Gasteiger partial charge in [0.2, 0.25) is 0 Å². The van der Waals surface area contributed by atoms with E-state index >= 15 is 0 Å². The molecule has 0 radical (unpaired) electrons. The largest absolute Gasteiger partial charge is 0.391 e. The van der Waals surface area contributed by atoms with Crippen molar-refractivity contribution in [3.05, 3.63) is 34.3 Å². The molecule has 0 saturated heterocycles. The maximum Gasteiger partial charge on any atom is 0.0704 e. The zero-order valence-corrected chi connectivity index (χ0v) is 11.5. The molecule has 0 aliphatic heterocycles. The minimum absolute atomic E-state index is 0.306. The van der Waals surface area contributed by atoms with Crippen LogP contribution in [0, 0.1) is 5.92 Å². The lowest BCUT2D eigenvalue weighted by Crippen LogP contribution is -2.30. The third-order valence-corrected chi connectivity index (χ3v) is 2.85. The summed E-state index contributed by atoms with van der Waals surface area (Å²) in [5.41, 5.74) is 1.17. The van der Waals surface area contributed by atoms with E-state index in [-0.39, 0.29) is 6.10 Å². The molecule has 2 N–H and O–H groups in total. The Labute approximate surface area is 106 Å². The van der Waals surface area contributed by atoms with Gasteiger partial charge in [-0.1, -0.05) is 41.9 Å². The van der Waals surface area contributed by atoms with Crippen LogP contribution in [0.4, 0.5) is 0 Å². The summed E-state index contributed by atoms with van der Waals surface area (Å²) in [4.78, 5) is 0. The first kappa shape index (κ1) is 13.7. The van der Waals surface area contributed by atoms with Gasteiger partial charge in [-0.3, -0.25) is 0 Å². The minimum Gasteiger partial charge on any atom is -0.391 e. The van der Waals surface area contributed by atoms with Gasteiger partial charge < -0.3 is 10.4 Å². The normalized spacial score (nSPS) is 13.1. The molecule has 0 heterocycles. The zero-order chi connectivity index (χ0) is 12.0. The first-order chi connectivity index (χ1) is 7.58. The number of hydrogen-bond acceptors (Lipinski definition) is 2. The van der Waals surface area contributed by atoms with Crippen molar-refractivity contribution in [2.24, 2.45) is 5.92 Å². The molecule has 1 unspecified atom stereocenters. The molecule has 0 spiro atoms. The predicted octanol–water partition coefficient (Wildman–Crippen LogP) is 2.60. The third-order valence-electron chi connectivity index (χ3n) is 2.32. The van der Waals surface area contributed by atoms with Gasteiger partial charge in [-0.2, -0.15) is 0 Å². The van der Waals surface area contributed by atoms with Crippen LogP contribution in [0.5, 0.6) is 0 Å². The van der Waals surface area contributed by atoms with Gasteiger partial charge in [-0.15, -0.1) is 0 Å². The van der Waals surface area contributed by atoms with E-state index in [1.807, 2.05) is 24.3 Å². The van der Waals surface area contributed by atoms with E-state index in [1.165, 1.54) is 5.56 Å². The van der Waals surface area contributed by atoms with Crippen molar-refractivity contribution < 1.29 is 5.11 Å². The van der Waals surface area contributed by atoms with Crippen LogP contribution in [-0.2, 0) is 6.42 Å². The Kier molecular flexibility index (Phi) is 6.03. The van der Waals surface area contributed by atoms with Crippen molar-refractivity contribution >= 4 is 15.9 Å². The van der Waals surface area contributed by atoms with E-state index in [0.717, 1.165) is 11.0 Å². The molecule has 1 rings (SSSR count). The maximum absolute atomic E-state index is 9.81. The van der Waals surface area contributed by atoms with Crippen LogP contribution >= 0.6 is 15.9 Å². The number of nitrogens with one attached hydrogen (secondary N) is 1. The Balaban J connectivity index is 2.28. The second-order valence-electron chi connectivity index (χ2n) is 4.54. The van der Waals surface area contributed by atoms with Crippen LogP contribution in [0.3, 0.4) is 0 Å². The monoisotopic (exact) mass is 285 g/mol. The molecular formula is C13H20BrNO. The van der Waals surface area contributed by atoms with Gasteiger partial charge in [-0.25, -0.2) is 0 Å². The van der Waals surface area contributed by atoms with Gasteiger partial charge >= 0.3 is 0 Å². The Bertz CT molecular complexity index is 297. The predicted molar refractivity (Wildman–Crippen MR) is 71.6 cm³/mol. The molecule has 16 heavy (non-hydrogen) atoms. The molecule has 0 saturated carbocycles. The summed E-state index contributed by atoms with van der Waals surface area (Å²) in [5, 5.41) is 13.1. The lowest BCUT2D eigenvalue weighted by atomic mass is 10.1. The maximum atomic E-state index is 9.81. The fourth-order valence-corrected chi connectivity index (χ4v) is 1.77. The lowest BCUT2D eigenvalue weighted by molar-refractivity contribution is 0.170. The van der Waals surface area contributed by atoms with Crippen LogP contribution in [0.15, 0.2) is 28.7 Å². The highest BCUT2D eigenvalue weighted by atomic mass is 79.9. The van der Waals surface area contributed by atoms with E-state index in [2.05, 4.69) is 35.1 Å². The minimum atomic E-state index is -0.306. The van der Waals surface area contributed by atoms with Gasteiger partial charge in [-0.05, 0) is 36.6 Å². The molecule has 1 aromatic rings. The number of aliphatic hydroxyl groups is 1. The van der Waals surface area contributed by atoms with E-state index < -0.39 is 0 Å². The number of aliphatic hydroxyl groups excluding tert-OH is 1. The Hall–Kier alpha value is -0.380. The summed E-state index contributed by atoms with van der Waals surface area (Å²) in [6.07, 6.45) is 0.401. The van der Waals surface area contributed by atoms with Crippen LogP contribution in [0.25, 0.3) is 0 Å². The molecule has 2 nitrogen and oxygen atoms in total. The van der Waals surface area contributed by atoms with Gasteiger partial charge in [0.15, 0.2) is 0 Å². The standard InChI is InChI=1S/C13H20BrNO/c1-10(2)8-15-9-13(16)7-11-3-5-12(14)6-4-11/h3-6,10,13,15-16H,7-9H2,1-2H3. The van der Waals surface area contributed by atoms with Crippen LogP contribution in [0.1, 0.15) is 19.4 Å². The van der Waals surface area contributed by atoms with Gasteiger partial charge in [0.1, 0.15) is 0 Å². The summed E-state index contributed by atoms with van der Waals surface area (Å²) < 4.78 is 1.07. The average Bonchev–Trinajstić information content (AvgIpc) is 2.21. The van der Waals surface area contributed by atoms with Crippen LogP contribution in [0.2, 0.25) is 0 Å². The number of benzene rings is 1. The van der Waals surface area contributed by atoms with Gasteiger partial charge in [0, 0.05) is 11.0 Å². The lowest BCUT2D eigenvalue weighted by Gasteiger charge is -2.13. The number of halogens is 1. The van der Waals surface area contributed by atoms with E-state index in [9.17, 15) is 5.11 Å². The summed E-state index contributed by atoms with van der Waals surface area (Å²) >= 11 is 3.39. The van der Waals surface area contributed by atoms with Crippen LogP contribution < -0.4 is 5.32 Å². The molecule has 0 aliphatic rings. The molecule has 90 valence electrons. The Morgan fingerprint density at radius 2 is 1.81 bits per heavy atom. The highest BCUT2D eigenvalue weighted by Crippen LogP contribution is 2.11. The molecule has 0 fully saturated rings. The summed E-state index contributed by atoms with van der Waals surface area (Å²) in [6.45, 7) is 5.94. The molecule has 0 aromatic heterocycles. The first-order valence-electron chi connectivity index (χ1n) is 5.71. The van der Waals surface area contributed by atoms with Crippen molar-refractivity contribution in [1.82, 2.24) is 5.32 Å². The van der Waals surface area contributed by atoms with Crippen molar-refractivity contribution in [2.45, 2.75) is 26.4 Å². The summed E-state index contributed by atoms with van der Waals surface area (Å²) in [5.74, 6) is 0.625. The fraction of sp³-hybridized carbons (Fsp3) is 0.538. The average molecular weight is 286 g/mol. The third kappa shape index (κ3) is 5.64. The SMILES string of the molecule is CC(C)CNCC(O)Cc1ccc(Br)cc1. The molecule has 1 aromatic carbocycles. The van der Waals surface area contributed by atoms with E-state index in [1.54, 1.807) is 0 Å². The smallest absolute Gasteiger partial charge is 0.0704 e. The van der Waals surface area contributed by atoms with Crippen molar-refractivity contribution in [3.63, 3.8) is 0 Å². The Morgan fingerprint density at radius 1 is 1.19 bits per heavy atom. The molecule has 0 amide bonds. The Morgan fingerprint density at radius 3 is 2.38 bits per heavy atom. The summed E-state index contributed by atoms with van der Waals surface area (Å²) in [6, 6.07) is 8.08. The number of hydrogen-bond donors (Lipinski definition) is 2. The highest BCUT2D eigenvalue weighted by Gasteiger charge is 2.05. The highest BCUT2D eigenvalue weighted by molar-refractivity contribution is 9.10. The summed E-state index contributed by atoms with van der Waals surface area (Å²) in [7, 11) is 0. The van der Waals surface area contributed by atoms with Gasteiger partial charge in [0.25, 0.3) is 0 Å². The molecule has 3 heteroatoms. The molecule has 0 aliphatic carbocycles. The van der Waals surface area contributed by atoms with Crippen molar-refractivity contribution in [2.75, 3.05) is 13.1 Å². The molecular weight excluding hydrogens is 266 g/mol. The van der Waals surface area contributed by atoms with E-state index in [0.29, 0.717) is 18.9 Å². The number of rotatable bonds is 6. The zero-order valence-electron chi connectivity index (χ0n) is 9.91. The van der Waals surface area contributed by atoms with Crippen molar-refractivity contribution in [1.29, 1.82) is 0 Å². The second-order valence-corrected chi connectivity index (χ2v) is 5.45. The molecule has 1 atom stereocenters. The molecule has 0 bridgehead atoms. The fourth-order valence-electron chi connectivity index (χ4n) is 1.50. The second kappa shape index (κ2) is 7.05.